The van der Waals surface area contributed by atoms with Crippen molar-refractivity contribution in [1.29, 1.82) is 0 Å². The summed E-state index contributed by atoms with van der Waals surface area (Å²) < 4.78 is 0. The summed E-state index contributed by atoms with van der Waals surface area (Å²) in [4.78, 5) is 16.7. The number of hydrogen-bond donors (Lipinski definition) is 0. The highest BCUT2D eigenvalue weighted by molar-refractivity contribution is 7.30. The number of hydrogen-bond acceptors (Lipinski definition) is 6. The molecule has 6 heterocycles. The molecular formula is C60H68S6. The standard InChI is InChI=1S/C60H68S6/c1-5-8-11-14-16-19-38-60(39-20-17-15-12-9-6-2)48-40-43(50-28-22-42(4)61-50)23-26-46(48)47-27-24-44(41-49(47)60)51-30-31-54(63-51)55-34-35-58(65-55)59-37-36-57(66-59)56-33-32-53(64-56)52-29-25-45(62-52)21-18-13-10-7-3/h22-37,40-41H,5-21,38-39H2,1-4H3. The van der Waals surface area contributed by atoms with Gasteiger partial charge in [-0.25, -0.2) is 0 Å². The molecule has 0 spiro atoms. The van der Waals surface area contributed by atoms with Gasteiger partial charge in [-0.15, -0.1) is 68.0 Å². The Balaban J connectivity index is 0.958. The third-order valence-corrected chi connectivity index (χ3v) is 21.3. The third kappa shape index (κ3) is 10.9. The van der Waals surface area contributed by atoms with Crippen molar-refractivity contribution in [3.05, 3.63) is 130 Å². The van der Waals surface area contributed by atoms with E-state index in [2.05, 4.69) is 137 Å². The second-order valence-corrected chi connectivity index (χ2v) is 25.6. The summed E-state index contributed by atoms with van der Waals surface area (Å²) >= 11 is 11.7. The lowest BCUT2D eigenvalue weighted by Crippen LogP contribution is -2.25. The zero-order chi connectivity index (χ0) is 45.3. The smallest absolute Gasteiger partial charge is 0.0449 e. The zero-order valence-electron chi connectivity index (χ0n) is 39.8. The first-order valence-corrected chi connectivity index (χ1v) is 30.2. The van der Waals surface area contributed by atoms with Crippen LogP contribution in [0.15, 0.2) is 109 Å². The minimum Gasteiger partial charge on any atom is -0.141 e. The maximum atomic E-state index is 2.64. The summed E-state index contributed by atoms with van der Waals surface area (Å²) in [6.45, 7) is 9.19. The van der Waals surface area contributed by atoms with E-state index in [-0.39, 0.29) is 5.41 Å². The second kappa shape index (κ2) is 22.8. The first kappa shape index (κ1) is 47.7. The molecule has 6 heteroatoms. The SMILES string of the molecule is CCCCCCCCC1(CCCCCCCC)c2cc(-c3ccc(C)s3)ccc2-c2ccc(-c3ccc(-c4ccc(-c5ccc(-c6ccc(-c7ccc(CCCCCC)s7)s6)s5)s4)s3)cc21. The van der Waals surface area contributed by atoms with Crippen LogP contribution in [0.5, 0.6) is 0 Å². The summed E-state index contributed by atoms with van der Waals surface area (Å²) in [5.74, 6) is 0. The molecule has 0 saturated carbocycles. The van der Waals surface area contributed by atoms with Gasteiger partial charge in [0.15, 0.2) is 0 Å². The van der Waals surface area contributed by atoms with Crippen LogP contribution in [0.2, 0.25) is 0 Å². The van der Waals surface area contributed by atoms with Gasteiger partial charge in [0, 0.05) is 63.9 Å². The van der Waals surface area contributed by atoms with Crippen molar-refractivity contribution >= 4 is 68.0 Å². The molecule has 2 aromatic carbocycles. The predicted molar refractivity (Wildman–Crippen MR) is 301 cm³/mol. The van der Waals surface area contributed by atoms with E-state index >= 15 is 0 Å². The first-order valence-electron chi connectivity index (χ1n) is 25.3. The van der Waals surface area contributed by atoms with Gasteiger partial charge in [-0.3, -0.25) is 0 Å². The molecule has 0 aliphatic heterocycles. The lowest BCUT2D eigenvalue weighted by molar-refractivity contribution is 0.398. The highest BCUT2D eigenvalue weighted by Crippen LogP contribution is 2.56. The molecule has 0 N–H and O–H groups in total. The molecule has 0 amide bonds. The molecule has 344 valence electrons. The van der Waals surface area contributed by atoms with Gasteiger partial charge in [0.05, 0.1) is 0 Å². The van der Waals surface area contributed by atoms with E-state index in [0.717, 1.165) is 0 Å². The average Bonchev–Trinajstić information content (AvgIpc) is 4.20. The molecule has 0 saturated heterocycles. The van der Waals surface area contributed by atoms with Crippen molar-refractivity contribution in [2.24, 2.45) is 0 Å². The van der Waals surface area contributed by atoms with Crippen LogP contribution in [0.25, 0.3) is 71.0 Å². The summed E-state index contributed by atoms with van der Waals surface area (Å²) in [6.07, 6.45) is 25.0. The molecule has 1 aliphatic carbocycles. The lowest BCUT2D eigenvalue weighted by Gasteiger charge is -2.33. The Morgan fingerprint density at radius 2 is 0.697 bits per heavy atom. The number of unbranched alkanes of at least 4 members (excludes halogenated alkanes) is 13. The van der Waals surface area contributed by atoms with Crippen LogP contribution in [0.1, 0.15) is 157 Å². The molecule has 0 bridgehead atoms. The largest absolute Gasteiger partial charge is 0.141 e. The van der Waals surface area contributed by atoms with Crippen LogP contribution in [-0.4, -0.2) is 0 Å². The Hall–Kier alpha value is -3.36. The number of benzene rings is 2. The summed E-state index contributed by atoms with van der Waals surface area (Å²) in [5.41, 5.74) is 8.96. The Labute approximate surface area is 420 Å². The van der Waals surface area contributed by atoms with Crippen molar-refractivity contribution < 1.29 is 0 Å². The summed E-state index contributed by atoms with van der Waals surface area (Å²) in [7, 11) is 0. The van der Waals surface area contributed by atoms with Gasteiger partial charge in [0.1, 0.15) is 0 Å². The van der Waals surface area contributed by atoms with Crippen LogP contribution in [0.3, 0.4) is 0 Å². The second-order valence-electron chi connectivity index (χ2n) is 18.8. The van der Waals surface area contributed by atoms with E-state index in [9.17, 15) is 0 Å². The Morgan fingerprint density at radius 3 is 1.15 bits per heavy atom. The van der Waals surface area contributed by atoms with Gasteiger partial charge < -0.3 is 0 Å². The minimum atomic E-state index is 0.0481. The maximum absolute atomic E-state index is 2.64. The van der Waals surface area contributed by atoms with Crippen molar-refractivity contribution in [2.45, 2.75) is 155 Å². The molecule has 0 fully saturated rings. The average molecular weight is 982 g/mol. The fourth-order valence-corrected chi connectivity index (χ4v) is 16.6. The lowest BCUT2D eigenvalue weighted by atomic mass is 9.70. The van der Waals surface area contributed by atoms with E-state index in [0.29, 0.717) is 0 Å². The Kier molecular flexibility index (Phi) is 16.5. The molecule has 8 aromatic rings. The Morgan fingerprint density at radius 1 is 0.333 bits per heavy atom. The zero-order valence-corrected chi connectivity index (χ0v) is 44.7. The van der Waals surface area contributed by atoms with Crippen molar-refractivity contribution in [1.82, 2.24) is 0 Å². The quantitative estimate of drug-likeness (QED) is 0.0501. The predicted octanol–water partition coefficient (Wildman–Crippen LogP) is 22.3. The fraction of sp³-hybridized carbons (Fsp3) is 0.400. The molecule has 0 unspecified atom stereocenters. The molecule has 0 atom stereocenters. The molecule has 0 radical (unpaired) electrons. The van der Waals surface area contributed by atoms with E-state index in [1.165, 1.54) is 203 Å². The normalized spacial score (nSPS) is 12.9. The number of thiophene rings is 6. The van der Waals surface area contributed by atoms with Crippen molar-refractivity contribution in [3.63, 3.8) is 0 Å². The van der Waals surface area contributed by atoms with Gasteiger partial charge in [0.2, 0.25) is 0 Å². The van der Waals surface area contributed by atoms with E-state index in [4.69, 9.17) is 0 Å². The highest BCUT2D eigenvalue weighted by atomic mass is 32.1. The van der Waals surface area contributed by atoms with Gasteiger partial charge in [-0.1, -0.05) is 141 Å². The molecule has 0 nitrogen and oxygen atoms in total. The van der Waals surface area contributed by atoms with Crippen molar-refractivity contribution in [2.75, 3.05) is 0 Å². The van der Waals surface area contributed by atoms with Crippen molar-refractivity contribution in [3.8, 4) is 71.0 Å². The molecule has 9 rings (SSSR count). The maximum Gasteiger partial charge on any atom is 0.0449 e. The number of aryl methyl sites for hydroxylation is 2. The molecule has 6 aromatic heterocycles. The van der Waals surface area contributed by atoms with E-state index < -0.39 is 0 Å². The van der Waals surface area contributed by atoms with Gasteiger partial charge in [-0.2, -0.15) is 0 Å². The van der Waals surface area contributed by atoms with Crippen LogP contribution in [0.4, 0.5) is 0 Å². The van der Waals surface area contributed by atoms with Gasteiger partial charge >= 0.3 is 0 Å². The van der Waals surface area contributed by atoms with Gasteiger partial charge in [0.25, 0.3) is 0 Å². The first-order chi connectivity index (χ1) is 32.5. The fourth-order valence-electron chi connectivity index (χ4n) is 10.3. The van der Waals surface area contributed by atoms with E-state index in [1.807, 2.05) is 68.0 Å². The van der Waals surface area contributed by atoms with Crippen LogP contribution >= 0.6 is 68.0 Å². The number of rotatable bonds is 25. The molecular weight excluding hydrogens is 913 g/mol. The molecule has 1 aliphatic rings. The van der Waals surface area contributed by atoms with Crippen LogP contribution < -0.4 is 0 Å². The summed E-state index contributed by atoms with van der Waals surface area (Å²) in [6, 6.07) is 43.2. The molecule has 66 heavy (non-hydrogen) atoms. The van der Waals surface area contributed by atoms with Gasteiger partial charge in [-0.05, 0) is 151 Å². The van der Waals surface area contributed by atoms with Crippen LogP contribution in [0, 0.1) is 6.92 Å². The minimum absolute atomic E-state index is 0.0481. The highest BCUT2D eigenvalue weighted by Gasteiger charge is 2.42. The van der Waals surface area contributed by atoms with Crippen LogP contribution in [-0.2, 0) is 11.8 Å². The monoisotopic (exact) mass is 980 g/mol. The third-order valence-electron chi connectivity index (χ3n) is 13.9. The topological polar surface area (TPSA) is 0 Å². The summed E-state index contributed by atoms with van der Waals surface area (Å²) in [5, 5.41) is 0. The van der Waals surface area contributed by atoms with E-state index in [1.54, 1.807) is 11.1 Å². The number of fused-ring (bicyclic) bond motifs is 3. The Bertz CT molecular complexity index is 2750.